The van der Waals surface area contributed by atoms with Gasteiger partial charge in [0, 0.05) is 68.4 Å². The van der Waals surface area contributed by atoms with Gasteiger partial charge in [-0.3, -0.25) is 9.78 Å². The number of anilines is 1. The first kappa shape index (κ1) is 27.6. The summed E-state index contributed by atoms with van der Waals surface area (Å²) in [5.41, 5.74) is 5.51. The molecule has 41 heavy (non-hydrogen) atoms. The van der Waals surface area contributed by atoms with Crippen molar-refractivity contribution in [1.29, 1.82) is 0 Å². The molecule has 0 saturated carbocycles. The molecule has 6 rings (SSSR count). The fraction of sp³-hybridized carbons (Fsp3) is 0.424. The molecule has 1 unspecified atom stereocenters. The minimum Gasteiger partial charge on any atom is -0.371 e. The number of piperidine rings is 2. The summed E-state index contributed by atoms with van der Waals surface area (Å²) in [5.74, 6) is 0.105. The Morgan fingerprint density at radius 2 is 1.71 bits per heavy atom. The van der Waals surface area contributed by atoms with Crippen molar-refractivity contribution in [2.45, 2.75) is 51.1 Å². The smallest absolute Gasteiger partial charge is 0.317 e. The number of carbonyl (C=O) groups is 2. The number of urea groups is 1. The Hall–Kier alpha value is -3.58. The summed E-state index contributed by atoms with van der Waals surface area (Å²) in [6.45, 7) is 4.10. The third-order valence-corrected chi connectivity index (χ3v) is 9.95. The van der Waals surface area contributed by atoms with Crippen molar-refractivity contribution < 1.29 is 9.59 Å². The molecule has 2 saturated heterocycles. The number of hydrogen-bond acceptors (Lipinski definition) is 4. The molecule has 1 aromatic heterocycles. The van der Waals surface area contributed by atoms with E-state index >= 15 is 0 Å². The van der Waals surface area contributed by atoms with E-state index in [0.717, 1.165) is 68.6 Å². The van der Waals surface area contributed by atoms with E-state index < -0.39 is 0 Å². The third kappa shape index (κ3) is 5.78. The summed E-state index contributed by atoms with van der Waals surface area (Å²) in [6.07, 6.45) is 9.94. The van der Waals surface area contributed by atoms with Crippen molar-refractivity contribution >= 4 is 29.2 Å². The van der Waals surface area contributed by atoms with Gasteiger partial charge in [-0.15, -0.1) is 0 Å². The lowest BCUT2D eigenvalue weighted by molar-refractivity contribution is 0.0515. The molecule has 2 aliphatic heterocycles. The standard InChI is InChI=1S/C33H38ClN5O2/c1-37(32(41)36-23-26-4-2-3-5-29(26)34)30-9-8-24-6-7-25(22-28(24)30)31(40)39-20-14-33(15-21-39)12-18-38(19-13-33)27-10-16-35-17-11-27/h2-7,10-11,16-17,22,30H,8-9,12-15,18-21,23H2,1H3,(H,36,41). The fourth-order valence-electron chi connectivity index (χ4n) is 6.86. The van der Waals surface area contributed by atoms with Crippen molar-refractivity contribution in [2.75, 3.05) is 38.1 Å². The Morgan fingerprint density at radius 3 is 2.44 bits per heavy atom. The summed E-state index contributed by atoms with van der Waals surface area (Å²) in [4.78, 5) is 37.0. The molecule has 3 heterocycles. The number of amides is 3. The number of pyridine rings is 1. The molecule has 1 aliphatic carbocycles. The van der Waals surface area contributed by atoms with Crippen LogP contribution in [0.5, 0.6) is 0 Å². The normalized spacial score (nSPS) is 19.6. The topological polar surface area (TPSA) is 68.8 Å². The second kappa shape index (κ2) is 11.7. The quantitative estimate of drug-likeness (QED) is 0.402. The van der Waals surface area contributed by atoms with E-state index in [2.05, 4.69) is 33.4 Å². The van der Waals surface area contributed by atoms with Gasteiger partial charge in [0.15, 0.2) is 0 Å². The maximum atomic E-state index is 13.6. The van der Waals surface area contributed by atoms with Gasteiger partial charge in [0.2, 0.25) is 0 Å². The van der Waals surface area contributed by atoms with E-state index in [-0.39, 0.29) is 18.0 Å². The number of likely N-dealkylation sites (tertiary alicyclic amines) is 1. The second-order valence-corrected chi connectivity index (χ2v) is 12.2. The van der Waals surface area contributed by atoms with E-state index in [9.17, 15) is 9.59 Å². The fourth-order valence-corrected chi connectivity index (χ4v) is 7.06. The molecular formula is C33H38ClN5O2. The number of rotatable bonds is 5. The summed E-state index contributed by atoms with van der Waals surface area (Å²) >= 11 is 6.26. The largest absolute Gasteiger partial charge is 0.371 e. The van der Waals surface area contributed by atoms with Crippen molar-refractivity contribution in [2.24, 2.45) is 5.41 Å². The molecular weight excluding hydrogens is 534 g/mol. The number of aromatic nitrogens is 1. The SMILES string of the molecule is CN(C(=O)NCc1ccccc1Cl)C1CCc2ccc(C(=O)N3CCC4(CC3)CCN(c3ccncc3)CC4)cc21. The molecule has 0 bridgehead atoms. The average Bonchev–Trinajstić information content (AvgIpc) is 3.44. The first-order valence-corrected chi connectivity index (χ1v) is 15.1. The van der Waals surface area contributed by atoms with Crippen LogP contribution in [0.4, 0.5) is 10.5 Å². The second-order valence-electron chi connectivity index (χ2n) is 11.8. The first-order valence-electron chi connectivity index (χ1n) is 14.7. The lowest BCUT2D eigenvalue weighted by atomic mass is 9.71. The molecule has 1 spiro atoms. The Morgan fingerprint density at radius 1 is 1.00 bits per heavy atom. The zero-order chi connectivity index (χ0) is 28.4. The predicted octanol–water partition coefficient (Wildman–Crippen LogP) is 6.09. The number of benzene rings is 2. The van der Waals surface area contributed by atoms with Crippen LogP contribution in [0.3, 0.4) is 0 Å². The van der Waals surface area contributed by atoms with Gasteiger partial charge in [0.1, 0.15) is 0 Å². The van der Waals surface area contributed by atoms with Crippen molar-refractivity contribution in [1.82, 2.24) is 20.1 Å². The Labute approximate surface area is 247 Å². The van der Waals surface area contributed by atoms with E-state index in [1.54, 1.807) is 4.90 Å². The van der Waals surface area contributed by atoms with Crippen LogP contribution < -0.4 is 10.2 Å². The van der Waals surface area contributed by atoms with Gasteiger partial charge in [0.05, 0.1) is 6.04 Å². The number of halogens is 1. The average molecular weight is 572 g/mol. The number of carbonyl (C=O) groups excluding carboxylic acids is 2. The molecule has 214 valence electrons. The van der Waals surface area contributed by atoms with Gasteiger partial charge in [-0.2, -0.15) is 0 Å². The molecule has 3 aliphatic rings. The number of nitrogens with one attached hydrogen (secondary N) is 1. The highest BCUT2D eigenvalue weighted by molar-refractivity contribution is 6.31. The van der Waals surface area contributed by atoms with Crippen LogP contribution in [0.25, 0.3) is 0 Å². The van der Waals surface area contributed by atoms with Crippen LogP contribution >= 0.6 is 11.6 Å². The van der Waals surface area contributed by atoms with Crippen molar-refractivity contribution in [3.05, 3.63) is 94.3 Å². The molecule has 7 nitrogen and oxygen atoms in total. The molecule has 1 atom stereocenters. The summed E-state index contributed by atoms with van der Waals surface area (Å²) in [5, 5.41) is 3.64. The lowest BCUT2D eigenvalue weighted by Gasteiger charge is -2.47. The molecule has 0 radical (unpaired) electrons. The van der Waals surface area contributed by atoms with Crippen LogP contribution in [0.15, 0.2) is 67.0 Å². The zero-order valence-corrected chi connectivity index (χ0v) is 24.4. The molecule has 2 aromatic carbocycles. The monoisotopic (exact) mass is 571 g/mol. The maximum absolute atomic E-state index is 13.6. The van der Waals surface area contributed by atoms with Gasteiger partial charge >= 0.3 is 6.03 Å². The molecule has 1 N–H and O–H groups in total. The van der Waals surface area contributed by atoms with Crippen molar-refractivity contribution in [3.63, 3.8) is 0 Å². The van der Waals surface area contributed by atoms with Crippen LogP contribution in [-0.4, -0.2) is 59.9 Å². The van der Waals surface area contributed by atoms with E-state index in [0.29, 0.717) is 17.0 Å². The van der Waals surface area contributed by atoms with Gasteiger partial charge in [0.25, 0.3) is 5.91 Å². The van der Waals surface area contributed by atoms with Crippen molar-refractivity contribution in [3.8, 4) is 0 Å². The zero-order valence-electron chi connectivity index (χ0n) is 23.7. The highest BCUT2D eigenvalue weighted by Crippen LogP contribution is 2.42. The minimum absolute atomic E-state index is 0.0563. The van der Waals surface area contributed by atoms with Gasteiger partial charge in [-0.25, -0.2) is 4.79 Å². The third-order valence-electron chi connectivity index (χ3n) is 9.58. The first-order chi connectivity index (χ1) is 19.9. The Kier molecular flexibility index (Phi) is 7.89. The Bertz CT molecular complexity index is 1400. The number of fused-ring (bicyclic) bond motifs is 1. The van der Waals surface area contributed by atoms with Crippen LogP contribution in [0.1, 0.15) is 65.2 Å². The number of nitrogens with zero attached hydrogens (tertiary/aromatic N) is 4. The summed E-state index contributed by atoms with van der Waals surface area (Å²) in [6, 6.07) is 17.6. The minimum atomic E-state index is -0.143. The molecule has 3 aromatic rings. The maximum Gasteiger partial charge on any atom is 0.317 e. The van der Waals surface area contributed by atoms with E-state index in [1.165, 1.54) is 24.1 Å². The van der Waals surface area contributed by atoms with Gasteiger partial charge < -0.3 is 20.0 Å². The van der Waals surface area contributed by atoms with Gasteiger partial charge in [-0.05, 0) is 91.0 Å². The van der Waals surface area contributed by atoms with Crippen LogP contribution in [0, 0.1) is 5.41 Å². The highest BCUT2D eigenvalue weighted by atomic mass is 35.5. The Balaban J connectivity index is 1.06. The summed E-state index contributed by atoms with van der Waals surface area (Å²) < 4.78 is 0. The van der Waals surface area contributed by atoms with E-state index in [4.69, 9.17) is 11.6 Å². The lowest BCUT2D eigenvalue weighted by Crippen LogP contribution is -2.48. The molecule has 2 fully saturated rings. The highest BCUT2D eigenvalue weighted by Gasteiger charge is 2.39. The van der Waals surface area contributed by atoms with Crippen LogP contribution in [-0.2, 0) is 13.0 Å². The molecule has 3 amide bonds. The predicted molar refractivity (Wildman–Crippen MR) is 162 cm³/mol. The number of hydrogen-bond donors (Lipinski definition) is 1. The summed E-state index contributed by atoms with van der Waals surface area (Å²) in [7, 11) is 1.83. The van der Waals surface area contributed by atoms with Gasteiger partial charge in [-0.1, -0.05) is 35.9 Å². The van der Waals surface area contributed by atoms with E-state index in [1.807, 2.05) is 60.7 Å². The molecule has 8 heteroatoms. The number of aryl methyl sites for hydroxylation is 1. The van der Waals surface area contributed by atoms with Crippen LogP contribution in [0.2, 0.25) is 5.02 Å².